The van der Waals surface area contributed by atoms with Gasteiger partial charge >= 0.3 is 5.69 Å². The summed E-state index contributed by atoms with van der Waals surface area (Å²) >= 11 is 0. The first-order valence-corrected chi connectivity index (χ1v) is 3.84. The summed E-state index contributed by atoms with van der Waals surface area (Å²) < 4.78 is 1.51. The van der Waals surface area contributed by atoms with Crippen molar-refractivity contribution in [2.75, 3.05) is 0 Å². The van der Waals surface area contributed by atoms with Gasteiger partial charge in [0.05, 0.1) is 0 Å². The van der Waals surface area contributed by atoms with Crippen LogP contribution in [-0.2, 0) is 5.54 Å². The summed E-state index contributed by atoms with van der Waals surface area (Å²) in [5.41, 5.74) is -0.486. The van der Waals surface area contributed by atoms with Gasteiger partial charge in [0.2, 0.25) is 0 Å². The number of rotatable bonds is 0. The predicted molar refractivity (Wildman–Crippen MR) is 46.0 cm³/mol. The van der Waals surface area contributed by atoms with Crippen LogP contribution in [0, 0.1) is 6.92 Å². The molecule has 0 amide bonds. The van der Waals surface area contributed by atoms with Crippen LogP contribution >= 0.6 is 0 Å². The molecular weight excluding hydrogens is 154 g/mol. The highest BCUT2D eigenvalue weighted by Gasteiger charge is 2.14. The summed E-state index contributed by atoms with van der Waals surface area (Å²) in [4.78, 5) is 19.0. The highest BCUT2D eigenvalue weighted by atomic mass is 16.1. The Hall–Kier alpha value is -1.19. The third-order valence-corrected chi connectivity index (χ3v) is 1.55. The van der Waals surface area contributed by atoms with Crippen molar-refractivity contribution in [3.63, 3.8) is 0 Å². The molecule has 0 N–H and O–H groups in total. The summed E-state index contributed by atoms with van der Waals surface area (Å²) in [5.74, 6) is 0.514. The normalized spacial score (nSPS) is 11.7. The average Bonchev–Trinajstić information content (AvgIpc) is 1.83. The molecule has 0 aliphatic heterocycles. The van der Waals surface area contributed by atoms with Crippen molar-refractivity contribution in [2.45, 2.75) is 33.2 Å². The van der Waals surface area contributed by atoms with Gasteiger partial charge in [-0.05, 0) is 27.7 Å². The van der Waals surface area contributed by atoms with Gasteiger partial charge in [-0.3, -0.25) is 4.57 Å². The molecule has 1 aromatic rings. The van der Waals surface area contributed by atoms with E-state index in [1.165, 1.54) is 10.9 Å². The lowest BCUT2D eigenvalue weighted by atomic mass is 10.1. The molecule has 4 nitrogen and oxygen atoms in total. The molecule has 0 aromatic carbocycles. The Balaban J connectivity index is 3.29. The van der Waals surface area contributed by atoms with E-state index in [1.54, 1.807) is 6.92 Å². The topological polar surface area (TPSA) is 47.8 Å². The van der Waals surface area contributed by atoms with Crippen LogP contribution in [0.3, 0.4) is 0 Å². The van der Waals surface area contributed by atoms with Crippen LogP contribution in [0.1, 0.15) is 26.6 Å². The van der Waals surface area contributed by atoms with Gasteiger partial charge in [0.25, 0.3) is 0 Å². The molecule has 0 aliphatic carbocycles. The van der Waals surface area contributed by atoms with E-state index >= 15 is 0 Å². The molecule has 0 atom stereocenters. The first-order valence-electron chi connectivity index (χ1n) is 3.84. The zero-order valence-electron chi connectivity index (χ0n) is 7.83. The van der Waals surface area contributed by atoms with Gasteiger partial charge in [-0.2, -0.15) is 4.98 Å². The minimum atomic E-state index is -0.245. The maximum Gasteiger partial charge on any atom is 0.350 e. The van der Waals surface area contributed by atoms with Gasteiger partial charge in [0.15, 0.2) is 0 Å². The molecule has 12 heavy (non-hydrogen) atoms. The second-order valence-electron chi connectivity index (χ2n) is 3.73. The summed E-state index contributed by atoms with van der Waals surface area (Å²) in [6.07, 6.45) is 1.53. The minimum absolute atomic E-state index is 0.241. The van der Waals surface area contributed by atoms with Gasteiger partial charge in [-0.15, -0.1) is 0 Å². The monoisotopic (exact) mass is 167 g/mol. The summed E-state index contributed by atoms with van der Waals surface area (Å²) in [6, 6.07) is 0. The van der Waals surface area contributed by atoms with E-state index in [0.717, 1.165) is 0 Å². The van der Waals surface area contributed by atoms with Crippen molar-refractivity contribution in [3.8, 4) is 0 Å². The van der Waals surface area contributed by atoms with Crippen LogP contribution < -0.4 is 5.69 Å². The van der Waals surface area contributed by atoms with Crippen LogP contribution in [0.2, 0.25) is 0 Å². The molecule has 0 spiro atoms. The first-order chi connectivity index (χ1) is 5.41. The van der Waals surface area contributed by atoms with E-state index in [9.17, 15) is 4.79 Å². The minimum Gasteiger partial charge on any atom is -0.277 e. The highest BCUT2D eigenvalue weighted by molar-refractivity contribution is 4.83. The number of aryl methyl sites for hydroxylation is 1. The van der Waals surface area contributed by atoms with E-state index in [-0.39, 0.29) is 11.2 Å². The number of aromatic nitrogens is 3. The van der Waals surface area contributed by atoms with Crippen molar-refractivity contribution in [2.24, 2.45) is 0 Å². The fraction of sp³-hybridized carbons (Fsp3) is 0.625. The van der Waals surface area contributed by atoms with E-state index in [0.29, 0.717) is 5.82 Å². The molecule has 1 rings (SSSR count). The average molecular weight is 167 g/mol. The van der Waals surface area contributed by atoms with Gasteiger partial charge in [0, 0.05) is 5.54 Å². The molecule has 1 heterocycles. The van der Waals surface area contributed by atoms with Crippen molar-refractivity contribution in [1.29, 1.82) is 0 Å². The van der Waals surface area contributed by atoms with Crippen LogP contribution in [-0.4, -0.2) is 14.5 Å². The summed E-state index contributed by atoms with van der Waals surface area (Å²) in [7, 11) is 0. The lowest BCUT2D eigenvalue weighted by molar-refractivity contribution is 0.370. The van der Waals surface area contributed by atoms with Crippen LogP contribution in [0.15, 0.2) is 11.1 Å². The number of hydrogen-bond acceptors (Lipinski definition) is 3. The fourth-order valence-corrected chi connectivity index (χ4v) is 0.872. The van der Waals surface area contributed by atoms with E-state index in [2.05, 4.69) is 9.97 Å². The Bertz CT molecular complexity index is 335. The van der Waals surface area contributed by atoms with Crippen LogP contribution in [0.4, 0.5) is 0 Å². The fourth-order valence-electron chi connectivity index (χ4n) is 0.872. The Labute approximate surface area is 71.3 Å². The molecule has 0 radical (unpaired) electrons. The molecule has 1 aromatic heterocycles. The van der Waals surface area contributed by atoms with Crippen molar-refractivity contribution in [1.82, 2.24) is 14.5 Å². The molecule has 0 aliphatic rings. The quantitative estimate of drug-likeness (QED) is 0.571. The largest absolute Gasteiger partial charge is 0.350 e. The zero-order valence-corrected chi connectivity index (χ0v) is 7.83. The van der Waals surface area contributed by atoms with Crippen molar-refractivity contribution >= 4 is 0 Å². The molecule has 66 valence electrons. The maximum absolute atomic E-state index is 11.3. The second-order valence-corrected chi connectivity index (χ2v) is 3.73. The molecule has 4 heteroatoms. The molecular formula is C8H13N3O. The smallest absolute Gasteiger partial charge is 0.277 e. The first kappa shape index (κ1) is 8.90. The standard InChI is InChI=1S/C8H13N3O/c1-6-9-5-11(7(12)10-6)8(2,3)4/h5H,1-4H3. The van der Waals surface area contributed by atoms with Gasteiger partial charge < -0.3 is 0 Å². The van der Waals surface area contributed by atoms with Gasteiger partial charge in [-0.25, -0.2) is 9.78 Å². The SMILES string of the molecule is Cc1ncn(C(C)(C)C)c(=O)n1. The highest BCUT2D eigenvalue weighted by Crippen LogP contribution is 2.08. The third kappa shape index (κ3) is 1.69. The third-order valence-electron chi connectivity index (χ3n) is 1.55. The van der Waals surface area contributed by atoms with Crippen LogP contribution in [0.5, 0.6) is 0 Å². The van der Waals surface area contributed by atoms with Gasteiger partial charge in [0.1, 0.15) is 12.2 Å². The summed E-state index contributed by atoms with van der Waals surface area (Å²) in [5, 5.41) is 0. The molecule has 0 bridgehead atoms. The summed E-state index contributed by atoms with van der Waals surface area (Å²) in [6.45, 7) is 7.52. The molecule has 0 saturated carbocycles. The Kier molecular flexibility index (Phi) is 2.00. The Morgan fingerprint density at radius 3 is 2.42 bits per heavy atom. The number of nitrogens with zero attached hydrogens (tertiary/aromatic N) is 3. The molecule has 0 fully saturated rings. The van der Waals surface area contributed by atoms with Gasteiger partial charge in [-0.1, -0.05) is 0 Å². The number of hydrogen-bond donors (Lipinski definition) is 0. The van der Waals surface area contributed by atoms with E-state index in [1.807, 2.05) is 20.8 Å². The molecule has 0 unspecified atom stereocenters. The Morgan fingerprint density at radius 2 is 2.00 bits per heavy atom. The Morgan fingerprint density at radius 1 is 1.42 bits per heavy atom. The van der Waals surface area contributed by atoms with E-state index in [4.69, 9.17) is 0 Å². The zero-order chi connectivity index (χ0) is 9.35. The van der Waals surface area contributed by atoms with Crippen molar-refractivity contribution < 1.29 is 0 Å². The van der Waals surface area contributed by atoms with Crippen molar-refractivity contribution in [3.05, 3.63) is 22.6 Å². The van der Waals surface area contributed by atoms with Crippen LogP contribution in [0.25, 0.3) is 0 Å². The maximum atomic E-state index is 11.3. The molecule has 0 saturated heterocycles. The lowest BCUT2D eigenvalue weighted by Gasteiger charge is -2.20. The van der Waals surface area contributed by atoms with E-state index < -0.39 is 0 Å². The second kappa shape index (κ2) is 2.69. The predicted octanol–water partition coefficient (Wildman–Crippen LogP) is 0.702. The lowest BCUT2D eigenvalue weighted by Crippen LogP contribution is -2.35.